The Bertz CT molecular complexity index is 605. The summed E-state index contributed by atoms with van der Waals surface area (Å²) in [6.45, 7) is 4.44. The highest BCUT2D eigenvalue weighted by molar-refractivity contribution is 5.85. The molecule has 0 aromatic carbocycles. The molecule has 0 fully saturated rings. The number of aryl methyl sites for hydroxylation is 3. The normalized spacial score (nSPS) is 13.1. The molecule has 2 aromatic rings. The van der Waals surface area contributed by atoms with Crippen molar-refractivity contribution in [1.29, 1.82) is 0 Å². The lowest BCUT2D eigenvalue weighted by Gasteiger charge is -2.05. The summed E-state index contributed by atoms with van der Waals surface area (Å²) in [5.41, 5.74) is 2.23. The number of nitrogens with zero attached hydrogens (tertiary/aromatic N) is 4. The Kier molecular flexibility index (Phi) is 9.55. The molecule has 3 heterocycles. The number of aromatic nitrogens is 4. The first-order valence-electron chi connectivity index (χ1n) is 8.30. The van der Waals surface area contributed by atoms with Gasteiger partial charge in [-0.15, -0.1) is 24.8 Å². The average molecular weight is 389 g/mol. The fraction of sp³-hybridized carbons (Fsp3) is 0.562. The van der Waals surface area contributed by atoms with E-state index >= 15 is 0 Å². The second kappa shape index (κ2) is 11.1. The minimum Gasteiger partial charge on any atom is -0.356 e. The Morgan fingerprint density at radius 2 is 2.24 bits per heavy atom. The molecule has 0 saturated heterocycles. The maximum absolute atomic E-state index is 11.9. The number of amides is 1. The molecule has 25 heavy (non-hydrogen) atoms. The van der Waals surface area contributed by atoms with E-state index < -0.39 is 0 Å². The second-order valence-electron chi connectivity index (χ2n) is 5.88. The Morgan fingerprint density at radius 1 is 1.36 bits per heavy atom. The van der Waals surface area contributed by atoms with Crippen LogP contribution in [0.2, 0.25) is 0 Å². The number of hydrogen-bond donors (Lipinski definition) is 2. The van der Waals surface area contributed by atoms with E-state index in [0.29, 0.717) is 19.4 Å². The zero-order valence-electron chi connectivity index (χ0n) is 14.2. The molecule has 9 heteroatoms. The van der Waals surface area contributed by atoms with Crippen LogP contribution in [-0.4, -0.2) is 38.3 Å². The third-order valence-corrected chi connectivity index (χ3v) is 4.03. The first-order chi connectivity index (χ1) is 11.3. The number of imidazole rings is 1. The van der Waals surface area contributed by atoms with Gasteiger partial charge in [0.25, 0.3) is 0 Å². The summed E-state index contributed by atoms with van der Waals surface area (Å²) < 4.78 is 4.08. The zero-order valence-corrected chi connectivity index (χ0v) is 15.8. The monoisotopic (exact) mass is 388 g/mol. The molecule has 0 unspecified atom stereocenters. The molecule has 0 bridgehead atoms. The van der Waals surface area contributed by atoms with Gasteiger partial charge in [-0.2, -0.15) is 5.10 Å². The van der Waals surface area contributed by atoms with Gasteiger partial charge in [0.15, 0.2) is 0 Å². The number of carbonyl (C=O) groups is 1. The number of rotatable bonds is 7. The number of hydrogen-bond acceptors (Lipinski definition) is 4. The molecule has 0 aliphatic carbocycles. The van der Waals surface area contributed by atoms with Crippen LogP contribution in [0.25, 0.3) is 0 Å². The molecular weight excluding hydrogens is 363 g/mol. The molecule has 1 aliphatic heterocycles. The second-order valence-corrected chi connectivity index (χ2v) is 5.88. The Hall–Kier alpha value is -1.57. The van der Waals surface area contributed by atoms with Crippen LogP contribution in [0.1, 0.15) is 30.7 Å². The number of fused-ring (bicyclic) bond motifs is 1. The van der Waals surface area contributed by atoms with Gasteiger partial charge in [0.1, 0.15) is 0 Å². The lowest BCUT2D eigenvalue weighted by atomic mass is 10.2. The Balaban J connectivity index is 0.00000156. The van der Waals surface area contributed by atoms with Crippen LogP contribution >= 0.6 is 24.8 Å². The number of nitrogens with one attached hydrogen (secondary N) is 2. The van der Waals surface area contributed by atoms with Crippen molar-refractivity contribution in [3.63, 3.8) is 0 Å². The molecule has 1 aliphatic rings. The van der Waals surface area contributed by atoms with Crippen LogP contribution in [0.3, 0.4) is 0 Å². The maximum atomic E-state index is 11.9. The van der Waals surface area contributed by atoms with Crippen molar-refractivity contribution in [3.8, 4) is 0 Å². The van der Waals surface area contributed by atoms with Crippen LogP contribution < -0.4 is 10.6 Å². The molecule has 0 spiro atoms. The van der Waals surface area contributed by atoms with Gasteiger partial charge in [-0.3, -0.25) is 9.48 Å². The smallest absolute Gasteiger partial charge is 0.220 e. The van der Waals surface area contributed by atoms with E-state index in [9.17, 15) is 4.79 Å². The Morgan fingerprint density at radius 3 is 3.04 bits per heavy atom. The topological polar surface area (TPSA) is 76.8 Å². The van der Waals surface area contributed by atoms with Crippen LogP contribution in [-0.2, 0) is 30.8 Å². The lowest BCUT2D eigenvalue weighted by Crippen LogP contribution is -2.25. The van der Waals surface area contributed by atoms with Crippen molar-refractivity contribution in [2.75, 3.05) is 13.1 Å². The summed E-state index contributed by atoms with van der Waals surface area (Å²) in [7, 11) is 0. The van der Waals surface area contributed by atoms with Crippen molar-refractivity contribution in [1.82, 2.24) is 30.0 Å². The van der Waals surface area contributed by atoms with Crippen LogP contribution in [0.15, 0.2) is 24.8 Å². The van der Waals surface area contributed by atoms with Gasteiger partial charge >= 0.3 is 0 Å². The van der Waals surface area contributed by atoms with Crippen molar-refractivity contribution in [3.05, 3.63) is 36.2 Å². The van der Waals surface area contributed by atoms with Gasteiger partial charge in [-0.05, 0) is 25.5 Å². The lowest BCUT2D eigenvalue weighted by molar-refractivity contribution is -0.121. The molecule has 7 nitrogen and oxygen atoms in total. The SMILES string of the molecule is Cl.Cl.O=C(CCc1cc2n(n1)CCCNC2)NCCCn1ccnc1. The van der Waals surface area contributed by atoms with E-state index in [-0.39, 0.29) is 30.7 Å². The minimum atomic E-state index is 0. The van der Waals surface area contributed by atoms with Gasteiger partial charge in [0.2, 0.25) is 5.91 Å². The van der Waals surface area contributed by atoms with Gasteiger partial charge in [-0.25, -0.2) is 4.98 Å². The van der Waals surface area contributed by atoms with E-state index in [0.717, 1.165) is 44.7 Å². The van der Waals surface area contributed by atoms with Gasteiger partial charge in [0, 0.05) is 51.4 Å². The standard InChI is InChI=1S/C16H24N6O.2ClH/c23-16(19-6-2-8-21-10-7-18-13-21)4-3-14-11-15-12-17-5-1-9-22(15)20-14;;/h7,10-11,13,17H,1-6,8-9,12H2,(H,19,23);2*1H. The molecule has 0 atom stereocenters. The van der Waals surface area contributed by atoms with E-state index in [1.165, 1.54) is 5.69 Å². The summed E-state index contributed by atoms with van der Waals surface area (Å²) >= 11 is 0. The average Bonchev–Trinajstić information content (AvgIpc) is 3.15. The van der Waals surface area contributed by atoms with Crippen molar-refractivity contribution in [2.45, 2.75) is 45.3 Å². The number of halogens is 2. The van der Waals surface area contributed by atoms with Crippen LogP contribution in [0.4, 0.5) is 0 Å². The van der Waals surface area contributed by atoms with E-state index in [4.69, 9.17) is 0 Å². The highest BCUT2D eigenvalue weighted by atomic mass is 35.5. The predicted octanol–water partition coefficient (Wildman–Crippen LogP) is 1.56. The largest absolute Gasteiger partial charge is 0.356 e. The zero-order chi connectivity index (χ0) is 15.9. The van der Waals surface area contributed by atoms with Crippen molar-refractivity contribution >= 4 is 30.7 Å². The molecule has 1 amide bonds. The first-order valence-corrected chi connectivity index (χ1v) is 8.30. The highest BCUT2D eigenvalue weighted by Gasteiger charge is 2.11. The summed E-state index contributed by atoms with van der Waals surface area (Å²) in [6, 6.07) is 2.12. The van der Waals surface area contributed by atoms with Crippen molar-refractivity contribution < 1.29 is 4.79 Å². The summed E-state index contributed by atoms with van der Waals surface area (Å²) in [5, 5.41) is 10.9. The fourth-order valence-electron chi connectivity index (χ4n) is 2.78. The van der Waals surface area contributed by atoms with Gasteiger partial charge in [-0.1, -0.05) is 0 Å². The third kappa shape index (κ3) is 6.68. The maximum Gasteiger partial charge on any atom is 0.220 e. The molecular formula is C16H26Cl2N6O. The fourth-order valence-corrected chi connectivity index (χ4v) is 2.78. The van der Waals surface area contributed by atoms with Gasteiger partial charge < -0.3 is 15.2 Å². The van der Waals surface area contributed by atoms with Crippen molar-refractivity contribution in [2.24, 2.45) is 0 Å². The highest BCUT2D eigenvalue weighted by Crippen LogP contribution is 2.10. The molecule has 0 saturated carbocycles. The molecule has 3 rings (SSSR count). The quantitative estimate of drug-likeness (QED) is 0.705. The summed E-state index contributed by atoms with van der Waals surface area (Å²) in [4.78, 5) is 15.9. The first kappa shape index (κ1) is 21.5. The number of carbonyl (C=O) groups excluding carboxylic acids is 1. The van der Waals surface area contributed by atoms with E-state index in [1.54, 1.807) is 12.5 Å². The molecule has 140 valence electrons. The van der Waals surface area contributed by atoms with E-state index in [2.05, 4.69) is 31.5 Å². The minimum absolute atomic E-state index is 0. The van der Waals surface area contributed by atoms with E-state index in [1.807, 2.05) is 10.8 Å². The summed E-state index contributed by atoms with van der Waals surface area (Å²) in [6.07, 6.45) is 8.69. The Labute approximate surface area is 160 Å². The predicted molar refractivity (Wildman–Crippen MR) is 101 cm³/mol. The van der Waals surface area contributed by atoms with Gasteiger partial charge in [0.05, 0.1) is 17.7 Å². The molecule has 0 radical (unpaired) electrons. The third-order valence-electron chi connectivity index (χ3n) is 4.03. The summed E-state index contributed by atoms with van der Waals surface area (Å²) in [5.74, 6) is 0.0944. The van der Waals surface area contributed by atoms with Crippen LogP contribution in [0, 0.1) is 0 Å². The molecule has 2 aromatic heterocycles. The van der Waals surface area contributed by atoms with Crippen LogP contribution in [0.5, 0.6) is 0 Å². The molecule has 2 N–H and O–H groups in total.